The lowest BCUT2D eigenvalue weighted by Gasteiger charge is -2.30. The number of carbonyl (C=O) groups is 3. The minimum atomic E-state index is -1.36. The first kappa shape index (κ1) is 35.3. The molecule has 0 aromatic rings. The predicted octanol–water partition coefficient (Wildman–Crippen LogP) is 4.51. The van der Waals surface area contributed by atoms with E-state index in [0.29, 0.717) is 6.42 Å². The van der Waals surface area contributed by atoms with Crippen molar-refractivity contribution in [1.82, 2.24) is 0 Å². The van der Waals surface area contributed by atoms with Crippen LogP contribution in [-0.2, 0) is 19.1 Å². The van der Waals surface area contributed by atoms with Crippen LogP contribution in [0.4, 0.5) is 0 Å². The van der Waals surface area contributed by atoms with Gasteiger partial charge < -0.3 is 30.9 Å². The summed E-state index contributed by atoms with van der Waals surface area (Å²) >= 11 is 0. The minimum absolute atomic E-state index is 0.102. The summed E-state index contributed by atoms with van der Waals surface area (Å²) in [6, 6.07) is -0.187. The molecule has 0 aromatic heterocycles. The SMILES string of the molecule is CCCCC(C)C(OC(=O)CC(CC(=O)O)C(=O)O)C(O)CC(C)CCCCCCCCC(O)C(C)N. The van der Waals surface area contributed by atoms with Crippen molar-refractivity contribution in [3.63, 3.8) is 0 Å². The smallest absolute Gasteiger partial charge is 0.307 e. The lowest BCUT2D eigenvalue weighted by atomic mass is 9.88. The van der Waals surface area contributed by atoms with Gasteiger partial charge >= 0.3 is 17.9 Å². The number of ether oxygens (including phenoxy) is 1. The maximum absolute atomic E-state index is 12.5. The van der Waals surface area contributed by atoms with Crippen molar-refractivity contribution in [3.05, 3.63) is 0 Å². The Morgan fingerprint density at radius 1 is 0.784 bits per heavy atom. The van der Waals surface area contributed by atoms with E-state index in [0.717, 1.165) is 70.6 Å². The molecule has 0 aliphatic heterocycles. The average molecular weight is 532 g/mol. The van der Waals surface area contributed by atoms with E-state index in [2.05, 4.69) is 13.8 Å². The van der Waals surface area contributed by atoms with Crippen LogP contribution in [0.5, 0.6) is 0 Å². The first-order valence-electron chi connectivity index (χ1n) is 14.1. The van der Waals surface area contributed by atoms with Gasteiger partial charge in [0.15, 0.2) is 0 Å². The molecular weight excluding hydrogens is 478 g/mol. The lowest BCUT2D eigenvalue weighted by molar-refractivity contribution is -0.165. The number of nitrogens with two attached hydrogens (primary N) is 1. The second kappa shape index (κ2) is 20.3. The summed E-state index contributed by atoms with van der Waals surface area (Å²) < 4.78 is 5.58. The van der Waals surface area contributed by atoms with Gasteiger partial charge in [0.2, 0.25) is 0 Å². The number of aliphatic hydroxyl groups excluding tert-OH is 2. The van der Waals surface area contributed by atoms with Gasteiger partial charge in [-0.15, -0.1) is 0 Å². The molecule has 0 fully saturated rings. The van der Waals surface area contributed by atoms with Gasteiger partial charge in [0.25, 0.3) is 0 Å². The van der Waals surface area contributed by atoms with Crippen LogP contribution in [0.3, 0.4) is 0 Å². The predicted molar refractivity (Wildman–Crippen MR) is 143 cm³/mol. The maximum Gasteiger partial charge on any atom is 0.307 e. The highest BCUT2D eigenvalue weighted by Gasteiger charge is 2.32. The first-order valence-corrected chi connectivity index (χ1v) is 14.1. The quantitative estimate of drug-likeness (QED) is 0.0941. The molecule has 37 heavy (non-hydrogen) atoms. The number of carbonyl (C=O) groups excluding carboxylic acids is 1. The van der Waals surface area contributed by atoms with Gasteiger partial charge in [-0.25, -0.2) is 0 Å². The fourth-order valence-corrected chi connectivity index (χ4v) is 4.60. The number of hydrogen-bond donors (Lipinski definition) is 5. The van der Waals surface area contributed by atoms with Crippen molar-refractivity contribution < 1.29 is 39.5 Å². The van der Waals surface area contributed by atoms with Gasteiger partial charge in [-0.05, 0) is 38.0 Å². The highest BCUT2D eigenvalue weighted by molar-refractivity contribution is 5.82. The van der Waals surface area contributed by atoms with Crippen LogP contribution in [0.25, 0.3) is 0 Å². The van der Waals surface area contributed by atoms with Crippen LogP contribution < -0.4 is 5.73 Å². The van der Waals surface area contributed by atoms with Crippen molar-refractivity contribution in [2.75, 3.05) is 0 Å². The summed E-state index contributed by atoms with van der Waals surface area (Å²) in [5.41, 5.74) is 5.67. The molecule has 0 bridgehead atoms. The molecule has 0 radical (unpaired) electrons. The highest BCUT2D eigenvalue weighted by atomic mass is 16.6. The Morgan fingerprint density at radius 2 is 1.35 bits per heavy atom. The lowest BCUT2D eigenvalue weighted by Crippen LogP contribution is -2.38. The second-order valence-corrected chi connectivity index (χ2v) is 10.9. The largest absolute Gasteiger partial charge is 0.481 e. The zero-order chi connectivity index (χ0) is 28.4. The number of hydrogen-bond acceptors (Lipinski definition) is 7. The average Bonchev–Trinajstić information content (AvgIpc) is 2.81. The van der Waals surface area contributed by atoms with Crippen LogP contribution in [0, 0.1) is 17.8 Å². The monoisotopic (exact) mass is 531 g/mol. The van der Waals surface area contributed by atoms with Crippen molar-refractivity contribution in [1.29, 1.82) is 0 Å². The Labute approximate surface area is 223 Å². The molecule has 0 spiro atoms. The molecule has 7 atom stereocenters. The first-order chi connectivity index (χ1) is 17.4. The van der Waals surface area contributed by atoms with Gasteiger partial charge in [-0.2, -0.15) is 0 Å². The topological polar surface area (TPSA) is 167 Å². The van der Waals surface area contributed by atoms with Crippen molar-refractivity contribution in [3.8, 4) is 0 Å². The van der Waals surface area contributed by atoms with Gasteiger partial charge in [0, 0.05) is 6.04 Å². The van der Waals surface area contributed by atoms with E-state index in [-0.39, 0.29) is 17.9 Å². The third-order valence-corrected chi connectivity index (χ3v) is 7.10. The Hall–Kier alpha value is -1.71. The molecule has 0 amide bonds. The van der Waals surface area contributed by atoms with E-state index in [1.165, 1.54) is 0 Å². The number of carboxylic acids is 2. The molecule has 0 aliphatic rings. The minimum Gasteiger partial charge on any atom is -0.481 e. The van der Waals surface area contributed by atoms with E-state index in [1.807, 2.05) is 13.8 Å². The summed E-state index contributed by atoms with van der Waals surface area (Å²) in [4.78, 5) is 34.7. The van der Waals surface area contributed by atoms with Gasteiger partial charge in [0.1, 0.15) is 6.10 Å². The van der Waals surface area contributed by atoms with Gasteiger partial charge in [0.05, 0.1) is 31.0 Å². The summed E-state index contributed by atoms with van der Waals surface area (Å²) in [5, 5.41) is 38.8. The molecule has 6 N–H and O–H groups in total. The van der Waals surface area contributed by atoms with E-state index in [9.17, 15) is 29.7 Å². The second-order valence-electron chi connectivity index (χ2n) is 10.9. The molecular formula is C28H53NO8. The molecule has 9 nitrogen and oxygen atoms in total. The van der Waals surface area contributed by atoms with Crippen molar-refractivity contribution >= 4 is 17.9 Å². The standard InChI is InChI=1S/C28H53NO8/c1-5-6-14-20(3)27(37-26(34)18-22(28(35)36)17-25(32)33)24(31)16-19(2)13-11-9-7-8-10-12-15-23(30)21(4)29/h19-24,27,30-31H,5-18,29H2,1-4H3,(H,32,33)(H,35,36). The third-order valence-electron chi connectivity index (χ3n) is 7.10. The number of esters is 1. The number of aliphatic carboxylic acids is 2. The van der Waals surface area contributed by atoms with E-state index >= 15 is 0 Å². The van der Waals surface area contributed by atoms with Gasteiger partial charge in [-0.1, -0.05) is 78.6 Å². The molecule has 7 unspecified atom stereocenters. The van der Waals surface area contributed by atoms with Crippen LogP contribution >= 0.6 is 0 Å². The summed E-state index contributed by atoms with van der Waals surface area (Å²) in [5.74, 6) is -4.66. The summed E-state index contributed by atoms with van der Waals surface area (Å²) in [6.07, 6.45) is 8.00. The van der Waals surface area contributed by atoms with Crippen LogP contribution in [0.15, 0.2) is 0 Å². The van der Waals surface area contributed by atoms with Crippen LogP contribution in [-0.4, -0.2) is 62.7 Å². The maximum atomic E-state index is 12.5. The summed E-state index contributed by atoms with van der Waals surface area (Å²) in [7, 11) is 0. The Balaban J connectivity index is 4.64. The van der Waals surface area contributed by atoms with E-state index in [1.54, 1.807) is 0 Å². The number of aliphatic hydroxyl groups is 2. The molecule has 0 rings (SSSR count). The molecule has 0 saturated heterocycles. The highest BCUT2D eigenvalue weighted by Crippen LogP contribution is 2.26. The summed E-state index contributed by atoms with van der Waals surface area (Å²) in [6.45, 7) is 7.86. The normalized spacial score (nSPS) is 17.3. The van der Waals surface area contributed by atoms with Gasteiger partial charge in [-0.3, -0.25) is 14.4 Å². The Bertz CT molecular complexity index is 642. The Kier molecular flexibility index (Phi) is 19.3. The number of unbranched alkanes of at least 4 members (excludes halogenated alkanes) is 6. The fraction of sp³-hybridized carbons (Fsp3) is 0.893. The molecule has 0 aliphatic carbocycles. The molecule has 9 heteroatoms. The van der Waals surface area contributed by atoms with Crippen LogP contribution in [0.1, 0.15) is 118 Å². The molecule has 0 saturated carbocycles. The fourth-order valence-electron chi connectivity index (χ4n) is 4.60. The Morgan fingerprint density at radius 3 is 1.86 bits per heavy atom. The number of rotatable bonds is 23. The molecule has 0 aromatic carbocycles. The van der Waals surface area contributed by atoms with Crippen LogP contribution in [0.2, 0.25) is 0 Å². The van der Waals surface area contributed by atoms with Crippen molar-refractivity contribution in [2.24, 2.45) is 23.5 Å². The molecule has 0 heterocycles. The number of carboxylic acid groups (broad SMARTS) is 2. The third kappa shape index (κ3) is 17.4. The van der Waals surface area contributed by atoms with E-state index in [4.69, 9.17) is 15.6 Å². The van der Waals surface area contributed by atoms with Crippen molar-refractivity contribution in [2.45, 2.75) is 142 Å². The zero-order valence-corrected chi connectivity index (χ0v) is 23.4. The van der Waals surface area contributed by atoms with E-state index < -0.39 is 55.0 Å². The molecule has 218 valence electrons. The zero-order valence-electron chi connectivity index (χ0n) is 23.4.